The third-order valence-electron chi connectivity index (χ3n) is 3.88. The van der Waals surface area contributed by atoms with E-state index in [1.54, 1.807) is 0 Å². The lowest BCUT2D eigenvalue weighted by Crippen LogP contribution is -2.49. The molecule has 1 aliphatic rings. The Morgan fingerprint density at radius 1 is 1.33 bits per heavy atom. The van der Waals surface area contributed by atoms with Crippen molar-refractivity contribution in [3.8, 4) is 0 Å². The first kappa shape index (κ1) is 16.0. The van der Waals surface area contributed by atoms with Gasteiger partial charge in [-0.2, -0.15) is 0 Å². The molecule has 1 amide bonds. The molecular weight excluding hydrogens is 266 g/mol. The molecule has 21 heavy (non-hydrogen) atoms. The molecule has 0 bridgehead atoms. The number of aryl methyl sites for hydroxylation is 1. The van der Waals surface area contributed by atoms with Gasteiger partial charge in [-0.05, 0) is 52.5 Å². The van der Waals surface area contributed by atoms with E-state index in [2.05, 4.69) is 10.2 Å². The SMILES string of the molecule is Cc1ccc(CN(CCN(C)C)C(=O)[C@H]2CCCCN2)o1. The smallest absolute Gasteiger partial charge is 0.240 e. The van der Waals surface area contributed by atoms with Crippen LogP contribution >= 0.6 is 0 Å². The highest BCUT2D eigenvalue weighted by Crippen LogP contribution is 2.14. The largest absolute Gasteiger partial charge is 0.464 e. The van der Waals surface area contributed by atoms with Crippen LogP contribution in [0.25, 0.3) is 0 Å². The first-order valence-corrected chi connectivity index (χ1v) is 7.78. The van der Waals surface area contributed by atoms with E-state index >= 15 is 0 Å². The number of nitrogens with zero attached hydrogens (tertiary/aromatic N) is 2. The summed E-state index contributed by atoms with van der Waals surface area (Å²) in [4.78, 5) is 16.7. The number of hydrogen-bond acceptors (Lipinski definition) is 4. The maximum atomic E-state index is 12.7. The van der Waals surface area contributed by atoms with Crippen LogP contribution in [0.1, 0.15) is 30.8 Å². The minimum atomic E-state index is -0.0306. The summed E-state index contributed by atoms with van der Waals surface area (Å²) in [6.45, 7) is 5.01. The van der Waals surface area contributed by atoms with Crippen molar-refractivity contribution in [2.75, 3.05) is 33.7 Å². The van der Waals surface area contributed by atoms with Gasteiger partial charge in [0.15, 0.2) is 0 Å². The number of piperidine rings is 1. The van der Waals surface area contributed by atoms with Gasteiger partial charge >= 0.3 is 0 Å². The van der Waals surface area contributed by atoms with Crippen LogP contribution in [-0.2, 0) is 11.3 Å². The molecule has 1 aromatic heterocycles. The van der Waals surface area contributed by atoms with Crippen molar-refractivity contribution in [2.45, 2.75) is 38.8 Å². The van der Waals surface area contributed by atoms with Crippen molar-refractivity contribution >= 4 is 5.91 Å². The summed E-state index contributed by atoms with van der Waals surface area (Å²) in [6.07, 6.45) is 3.23. The van der Waals surface area contributed by atoms with Crippen LogP contribution < -0.4 is 5.32 Å². The molecule has 1 fully saturated rings. The molecule has 1 atom stereocenters. The van der Waals surface area contributed by atoms with Gasteiger partial charge in [-0.1, -0.05) is 6.42 Å². The summed E-state index contributed by atoms with van der Waals surface area (Å²) in [6, 6.07) is 3.87. The second-order valence-corrected chi connectivity index (χ2v) is 6.08. The van der Waals surface area contributed by atoms with E-state index in [0.29, 0.717) is 6.54 Å². The number of carbonyl (C=O) groups is 1. The first-order chi connectivity index (χ1) is 10.1. The van der Waals surface area contributed by atoms with E-state index in [0.717, 1.165) is 44.0 Å². The van der Waals surface area contributed by atoms with Gasteiger partial charge in [-0.25, -0.2) is 0 Å². The summed E-state index contributed by atoms with van der Waals surface area (Å²) >= 11 is 0. The van der Waals surface area contributed by atoms with E-state index < -0.39 is 0 Å². The number of carbonyl (C=O) groups excluding carboxylic acids is 1. The molecule has 0 saturated carbocycles. The Kier molecular flexibility index (Phi) is 5.82. The molecule has 1 aromatic rings. The molecule has 2 heterocycles. The van der Waals surface area contributed by atoms with Crippen LogP contribution in [0, 0.1) is 6.92 Å². The number of furan rings is 1. The second kappa shape index (κ2) is 7.61. The van der Waals surface area contributed by atoms with E-state index in [-0.39, 0.29) is 11.9 Å². The number of nitrogens with one attached hydrogen (secondary N) is 1. The minimum Gasteiger partial charge on any atom is -0.464 e. The molecule has 5 nitrogen and oxygen atoms in total. The maximum absolute atomic E-state index is 12.7. The van der Waals surface area contributed by atoms with Crippen molar-refractivity contribution in [3.05, 3.63) is 23.7 Å². The lowest BCUT2D eigenvalue weighted by molar-refractivity contribution is -0.135. The summed E-state index contributed by atoms with van der Waals surface area (Å²) in [5.74, 6) is 1.95. The fraction of sp³-hybridized carbons (Fsp3) is 0.688. The van der Waals surface area contributed by atoms with Gasteiger partial charge < -0.3 is 19.5 Å². The number of rotatable bonds is 6. The van der Waals surface area contributed by atoms with Crippen LogP contribution in [0.15, 0.2) is 16.5 Å². The van der Waals surface area contributed by atoms with Gasteiger partial charge in [0.25, 0.3) is 0 Å². The average Bonchev–Trinajstić information content (AvgIpc) is 2.89. The number of hydrogen-bond donors (Lipinski definition) is 1. The van der Waals surface area contributed by atoms with Crippen molar-refractivity contribution in [3.63, 3.8) is 0 Å². The molecular formula is C16H27N3O2. The Bertz CT molecular complexity index is 450. The lowest BCUT2D eigenvalue weighted by Gasteiger charge is -2.30. The third kappa shape index (κ3) is 4.86. The predicted octanol–water partition coefficient (Wildman–Crippen LogP) is 1.62. The number of amides is 1. The van der Waals surface area contributed by atoms with E-state index in [1.807, 2.05) is 38.1 Å². The summed E-state index contributed by atoms with van der Waals surface area (Å²) in [5.41, 5.74) is 0. The van der Waals surface area contributed by atoms with Crippen LogP contribution in [0.4, 0.5) is 0 Å². The molecule has 1 N–H and O–H groups in total. The monoisotopic (exact) mass is 293 g/mol. The normalized spacial score (nSPS) is 19.0. The minimum absolute atomic E-state index is 0.0306. The molecule has 5 heteroatoms. The van der Waals surface area contributed by atoms with Crippen LogP contribution in [0.5, 0.6) is 0 Å². The molecule has 1 aliphatic heterocycles. The quantitative estimate of drug-likeness (QED) is 0.866. The predicted molar refractivity (Wildman–Crippen MR) is 83.1 cm³/mol. The molecule has 0 unspecified atom stereocenters. The van der Waals surface area contributed by atoms with E-state index in [4.69, 9.17) is 4.42 Å². The Hall–Kier alpha value is -1.33. The van der Waals surface area contributed by atoms with Crippen LogP contribution in [0.2, 0.25) is 0 Å². The van der Waals surface area contributed by atoms with Crippen LogP contribution in [-0.4, -0.2) is 55.5 Å². The van der Waals surface area contributed by atoms with Gasteiger partial charge in [0.05, 0.1) is 12.6 Å². The van der Waals surface area contributed by atoms with Crippen molar-refractivity contribution < 1.29 is 9.21 Å². The van der Waals surface area contributed by atoms with E-state index in [1.165, 1.54) is 6.42 Å². The standard InChI is InChI=1S/C16H27N3O2/c1-13-7-8-14(21-13)12-19(11-10-18(2)3)16(20)15-6-4-5-9-17-15/h7-8,15,17H,4-6,9-12H2,1-3H3/t15-/m1/s1. The maximum Gasteiger partial charge on any atom is 0.240 e. The zero-order valence-corrected chi connectivity index (χ0v) is 13.4. The number of likely N-dealkylation sites (N-methyl/N-ethyl adjacent to an activating group) is 1. The third-order valence-corrected chi connectivity index (χ3v) is 3.88. The van der Waals surface area contributed by atoms with Gasteiger partial charge in [0.1, 0.15) is 11.5 Å². The molecule has 118 valence electrons. The van der Waals surface area contributed by atoms with Gasteiger partial charge in [0, 0.05) is 13.1 Å². The lowest BCUT2D eigenvalue weighted by atomic mass is 10.0. The molecule has 0 radical (unpaired) electrons. The Labute approximate surface area is 127 Å². The Balaban J connectivity index is 2.01. The fourth-order valence-electron chi connectivity index (χ4n) is 2.63. The fourth-order valence-corrected chi connectivity index (χ4v) is 2.63. The van der Waals surface area contributed by atoms with Gasteiger partial charge in [-0.3, -0.25) is 4.79 Å². The second-order valence-electron chi connectivity index (χ2n) is 6.08. The highest BCUT2D eigenvalue weighted by molar-refractivity contribution is 5.82. The summed E-state index contributed by atoms with van der Waals surface area (Å²) in [7, 11) is 4.05. The van der Waals surface area contributed by atoms with Crippen molar-refractivity contribution in [2.24, 2.45) is 0 Å². The highest BCUT2D eigenvalue weighted by Gasteiger charge is 2.26. The molecule has 1 saturated heterocycles. The highest BCUT2D eigenvalue weighted by atomic mass is 16.3. The van der Waals surface area contributed by atoms with Crippen molar-refractivity contribution in [1.29, 1.82) is 0 Å². The van der Waals surface area contributed by atoms with E-state index in [9.17, 15) is 4.79 Å². The average molecular weight is 293 g/mol. The Morgan fingerprint density at radius 2 is 2.14 bits per heavy atom. The zero-order chi connectivity index (χ0) is 15.2. The Morgan fingerprint density at radius 3 is 2.71 bits per heavy atom. The molecule has 0 aromatic carbocycles. The molecule has 2 rings (SSSR count). The van der Waals surface area contributed by atoms with Crippen molar-refractivity contribution in [1.82, 2.24) is 15.1 Å². The molecule has 0 aliphatic carbocycles. The van der Waals surface area contributed by atoms with Crippen LogP contribution in [0.3, 0.4) is 0 Å². The summed E-state index contributed by atoms with van der Waals surface area (Å²) in [5, 5.41) is 3.34. The topological polar surface area (TPSA) is 48.7 Å². The molecule has 0 spiro atoms. The zero-order valence-electron chi connectivity index (χ0n) is 13.4. The summed E-state index contributed by atoms with van der Waals surface area (Å²) < 4.78 is 5.63. The van der Waals surface area contributed by atoms with Gasteiger partial charge in [-0.15, -0.1) is 0 Å². The van der Waals surface area contributed by atoms with Gasteiger partial charge in [0.2, 0.25) is 5.91 Å². The first-order valence-electron chi connectivity index (χ1n) is 7.78.